The Hall–Kier alpha value is -1.55. The van der Waals surface area contributed by atoms with Crippen LogP contribution in [0.25, 0.3) is 0 Å². The third kappa shape index (κ3) is 2.13. The van der Waals surface area contributed by atoms with Crippen molar-refractivity contribution in [2.24, 2.45) is 5.73 Å². The first-order valence-corrected chi connectivity index (χ1v) is 5.99. The van der Waals surface area contributed by atoms with Crippen LogP contribution in [0.5, 0.6) is 0 Å². The Morgan fingerprint density at radius 3 is 2.71 bits per heavy atom. The zero-order valence-electron chi connectivity index (χ0n) is 10.4. The Morgan fingerprint density at radius 2 is 2.12 bits per heavy atom. The summed E-state index contributed by atoms with van der Waals surface area (Å²) in [5.74, 6) is 0.167. The van der Waals surface area contributed by atoms with E-state index in [2.05, 4.69) is 24.1 Å². The smallest absolute Gasteiger partial charge is 0.242 e. The molecule has 1 amide bonds. The number of amides is 1. The highest BCUT2D eigenvalue weighted by molar-refractivity contribution is 5.82. The highest BCUT2D eigenvalue weighted by Crippen LogP contribution is 2.29. The van der Waals surface area contributed by atoms with E-state index in [4.69, 9.17) is 5.73 Å². The third-order valence-electron chi connectivity index (χ3n) is 3.22. The molecule has 0 aliphatic carbocycles. The first-order chi connectivity index (χ1) is 8.15. The second kappa shape index (κ2) is 4.75. The van der Waals surface area contributed by atoms with Crippen LogP contribution in [0.2, 0.25) is 0 Å². The van der Waals surface area contributed by atoms with Crippen molar-refractivity contribution in [3.63, 3.8) is 0 Å². The van der Waals surface area contributed by atoms with Gasteiger partial charge >= 0.3 is 0 Å². The summed E-state index contributed by atoms with van der Waals surface area (Å²) in [4.78, 5) is 11.7. The normalized spacial score (nSPS) is 20.2. The Labute approximate surface area is 102 Å². The maximum absolute atomic E-state index is 11.7. The van der Waals surface area contributed by atoms with E-state index >= 15 is 0 Å². The van der Waals surface area contributed by atoms with Gasteiger partial charge in [-0.3, -0.25) is 14.8 Å². The Bertz CT molecular complexity index is 419. The van der Waals surface area contributed by atoms with Crippen LogP contribution in [0.3, 0.4) is 0 Å². The van der Waals surface area contributed by atoms with E-state index in [1.807, 2.05) is 19.2 Å². The molecule has 1 aromatic carbocycles. The largest absolute Gasteiger partial charge is 0.330 e. The van der Waals surface area contributed by atoms with Crippen molar-refractivity contribution < 1.29 is 4.79 Å². The summed E-state index contributed by atoms with van der Waals surface area (Å²) in [5, 5.41) is 3.77. The molecule has 1 aliphatic rings. The molecule has 1 heterocycles. The molecular formula is C13H19N3O. The molecule has 1 aliphatic heterocycles. The zero-order valence-corrected chi connectivity index (χ0v) is 10.4. The number of carbonyl (C=O) groups is 1. The maximum Gasteiger partial charge on any atom is 0.242 e. The van der Waals surface area contributed by atoms with Gasteiger partial charge in [-0.15, -0.1) is 0 Å². The fraction of sp³-hybridized carbons (Fsp3) is 0.462. The summed E-state index contributed by atoms with van der Waals surface area (Å²) in [6.45, 7) is 2.69. The monoisotopic (exact) mass is 233 g/mol. The molecule has 0 bridgehead atoms. The molecule has 0 radical (unpaired) electrons. The summed E-state index contributed by atoms with van der Waals surface area (Å²) >= 11 is 0. The van der Waals surface area contributed by atoms with Gasteiger partial charge in [0, 0.05) is 7.05 Å². The number of carbonyl (C=O) groups excluding carboxylic acids is 1. The number of rotatable bonds is 3. The predicted molar refractivity (Wildman–Crippen MR) is 68.5 cm³/mol. The van der Waals surface area contributed by atoms with Crippen LogP contribution in [0.1, 0.15) is 18.9 Å². The van der Waals surface area contributed by atoms with Crippen molar-refractivity contribution in [1.29, 1.82) is 0 Å². The van der Waals surface area contributed by atoms with Crippen LogP contribution in [0, 0.1) is 0 Å². The average Bonchev–Trinajstić information content (AvgIpc) is 2.55. The van der Waals surface area contributed by atoms with E-state index < -0.39 is 0 Å². The number of anilines is 1. The van der Waals surface area contributed by atoms with Gasteiger partial charge in [-0.05, 0) is 31.5 Å². The topological polar surface area (TPSA) is 49.6 Å². The highest BCUT2D eigenvalue weighted by Gasteiger charge is 2.33. The van der Waals surface area contributed by atoms with Crippen LogP contribution >= 0.6 is 0 Å². The standard InChI is InChI=1S/C13H19N3O/c1-10-9-13(17)15(2)16(10)12-6-4-3-5-11(12)7-8-14/h3-6,10H,7-9,14H2,1-2H3. The van der Waals surface area contributed by atoms with E-state index in [9.17, 15) is 4.79 Å². The molecule has 1 atom stereocenters. The number of hydrogen-bond acceptors (Lipinski definition) is 3. The summed E-state index contributed by atoms with van der Waals surface area (Å²) in [7, 11) is 1.82. The molecule has 1 aromatic rings. The SMILES string of the molecule is CC1CC(=O)N(C)N1c1ccccc1CCN. The second-order valence-corrected chi connectivity index (χ2v) is 4.48. The Kier molecular flexibility index (Phi) is 3.33. The van der Waals surface area contributed by atoms with E-state index in [1.54, 1.807) is 5.01 Å². The lowest BCUT2D eigenvalue weighted by molar-refractivity contribution is -0.126. The van der Waals surface area contributed by atoms with E-state index in [-0.39, 0.29) is 11.9 Å². The minimum atomic E-state index is 0.167. The van der Waals surface area contributed by atoms with Gasteiger partial charge in [-0.25, -0.2) is 0 Å². The van der Waals surface area contributed by atoms with E-state index in [0.717, 1.165) is 12.1 Å². The van der Waals surface area contributed by atoms with Gasteiger partial charge in [0.05, 0.1) is 18.2 Å². The van der Waals surface area contributed by atoms with E-state index in [1.165, 1.54) is 5.56 Å². The van der Waals surface area contributed by atoms with Gasteiger partial charge in [0.2, 0.25) is 5.91 Å². The molecule has 4 heteroatoms. The molecule has 1 fully saturated rings. The van der Waals surface area contributed by atoms with E-state index in [0.29, 0.717) is 13.0 Å². The number of para-hydroxylation sites is 1. The second-order valence-electron chi connectivity index (χ2n) is 4.48. The summed E-state index contributed by atoms with van der Waals surface area (Å²) < 4.78 is 0. The first kappa shape index (κ1) is 11.9. The van der Waals surface area contributed by atoms with Gasteiger partial charge in [0.1, 0.15) is 0 Å². The Morgan fingerprint density at radius 1 is 1.41 bits per heavy atom. The molecule has 0 saturated carbocycles. The van der Waals surface area contributed by atoms with Gasteiger partial charge in [0.25, 0.3) is 0 Å². The summed E-state index contributed by atoms with van der Waals surface area (Å²) in [6.07, 6.45) is 1.41. The predicted octanol–water partition coefficient (Wildman–Crippen LogP) is 1.16. The molecule has 0 spiro atoms. The van der Waals surface area contributed by atoms with Crippen LogP contribution in [0.15, 0.2) is 24.3 Å². The molecular weight excluding hydrogens is 214 g/mol. The molecule has 2 N–H and O–H groups in total. The van der Waals surface area contributed by atoms with Crippen LogP contribution in [-0.2, 0) is 11.2 Å². The van der Waals surface area contributed by atoms with Crippen LogP contribution < -0.4 is 10.7 Å². The molecule has 2 rings (SSSR count). The lowest BCUT2D eigenvalue weighted by Crippen LogP contribution is -2.39. The van der Waals surface area contributed by atoms with Crippen molar-refractivity contribution in [1.82, 2.24) is 5.01 Å². The molecule has 0 aromatic heterocycles. The molecule has 17 heavy (non-hydrogen) atoms. The number of hydrazine groups is 1. The van der Waals surface area contributed by atoms with Crippen molar-refractivity contribution in [3.8, 4) is 0 Å². The molecule has 1 unspecified atom stereocenters. The van der Waals surface area contributed by atoms with Crippen molar-refractivity contribution >= 4 is 11.6 Å². The van der Waals surface area contributed by atoms with Crippen LogP contribution in [-0.4, -0.2) is 30.6 Å². The summed E-state index contributed by atoms with van der Waals surface area (Å²) in [5.41, 5.74) is 7.92. The highest BCUT2D eigenvalue weighted by atomic mass is 16.2. The number of hydrogen-bond donors (Lipinski definition) is 1. The minimum Gasteiger partial charge on any atom is -0.330 e. The quantitative estimate of drug-likeness (QED) is 0.852. The number of nitrogens with two attached hydrogens (primary N) is 1. The van der Waals surface area contributed by atoms with Gasteiger partial charge in [-0.1, -0.05) is 18.2 Å². The summed E-state index contributed by atoms with van der Waals surface area (Å²) in [6, 6.07) is 8.35. The lowest BCUT2D eigenvalue weighted by Gasteiger charge is -2.31. The third-order valence-corrected chi connectivity index (χ3v) is 3.22. The van der Waals surface area contributed by atoms with Gasteiger partial charge < -0.3 is 5.73 Å². The molecule has 92 valence electrons. The average molecular weight is 233 g/mol. The molecule has 4 nitrogen and oxygen atoms in total. The van der Waals surface area contributed by atoms with Gasteiger partial charge in [-0.2, -0.15) is 0 Å². The van der Waals surface area contributed by atoms with Gasteiger partial charge in [0.15, 0.2) is 0 Å². The number of nitrogens with zero attached hydrogens (tertiary/aromatic N) is 2. The molecule has 1 saturated heterocycles. The number of benzene rings is 1. The maximum atomic E-state index is 11.7. The fourth-order valence-electron chi connectivity index (χ4n) is 2.39. The van der Waals surface area contributed by atoms with Crippen LogP contribution in [0.4, 0.5) is 5.69 Å². The first-order valence-electron chi connectivity index (χ1n) is 5.99. The fourth-order valence-corrected chi connectivity index (χ4v) is 2.39. The zero-order chi connectivity index (χ0) is 12.4. The minimum absolute atomic E-state index is 0.167. The van der Waals surface area contributed by atoms with Crippen molar-refractivity contribution in [2.45, 2.75) is 25.8 Å². The van der Waals surface area contributed by atoms with Crippen molar-refractivity contribution in [2.75, 3.05) is 18.6 Å². The van der Waals surface area contributed by atoms with Crippen molar-refractivity contribution in [3.05, 3.63) is 29.8 Å². The lowest BCUT2D eigenvalue weighted by atomic mass is 10.1. The Balaban J connectivity index is 2.36.